The molecule has 0 saturated carbocycles. The SMILES string of the molecule is Cc1ccc(OCc2ccccc2Cl)c(Cc2nc(C(=O)O)cs2)c1. The van der Waals surface area contributed by atoms with Crippen LogP contribution in [0.5, 0.6) is 5.75 Å². The lowest BCUT2D eigenvalue weighted by Crippen LogP contribution is -2.01. The minimum atomic E-state index is -1.01. The molecule has 0 fully saturated rings. The van der Waals surface area contributed by atoms with E-state index >= 15 is 0 Å². The van der Waals surface area contributed by atoms with Crippen LogP contribution < -0.4 is 4.74 Å². The number of hydrogen-bond acceptors (Lipinski definition) is 4. The molecule has 0 unspecified atom stereocenters. The van der Waals surface area contributed by atoms with E-state index in [1.807, 2.05) is 49.4 Å². The summed E-state index contributed by atoms with van der Waals surface area (Å²) >= 11 is 7.51. The number of aromatic nitrogens is 1. The van der Waals surface area contributed by atoms with Crippen LogP contribution >= 0.6 is 22.9 Å². The lowest BCUT2D eigenvalue weighted by Gasteiger charge is -2.12. The second-order valence-electron chi connectivity index (χ2n) is 5.60. The van der Waals surface area contributed by atoms with Crippen LogP contribution in [-0.4, -0.2) is 16.1 Å². The van der Waals surface area contributed by atoms with Crippen LogP contribution in [0.3, 0.4) is 0 Å². The average Bonchev–Trinajstić information content (AvgIpc) is 3.04. The number of hydrogen-bond donors (Lipinski definition) is 1. The summed E-state index contributed by atoms with van der Waals surface area (Å²) in [6.07, 6.45) is 0.525. The van der Waals surface area contributed by atoms with Gasteiger partial charge in [0.2, 0.25) is 0 Å². The Labute approximate surface area is 154 Å². The van der Waals surface area contributed by atoms with Crippen molar-refractivity contribution in [2.24, 2.45) is 0 Å². The van der Waals surface area contributed by atoms with Crippen LogP contribution in [0, 0.1) is 6.92 Å². The van der Waals surface area contributed by atoms with E-state index in [2.05, 4.69) is 4.98 Å². The molecule has 0 aliphatic heterocycles. The van der Waals surface area contributed by atoms with Gasteiger partial charge >= 0.3 is 5.97 Å². The molecule has 0 aliphatic rings. The Morgan fingerprint density at radius 2 is 2.04 bits per heavy atom. The quantitative estimate of drug-likeness (QED) is 0.662. The van der Waals surface area contributed by atoms with Crippen molar-refractivity contribution < 1.29 is 14.6 Å². The van der Waals surface area contributed by atoms with Crippen LogP contribution in [-0.2, 0) is 13.0 Å². The molecule has 0 atom stereocenters. The number of carboxylic acids is 1. The monoisotopic (exact) mass is 373 g/mol. The zero-order chi connectivity index (χ0) is 17.8. The molecule has 4 nitrogen and oxygen atoms in total. The molecule has 0 spiro atoms. The summed E-state index contributed by atoms with van der Waals surface area (Å²) in [6, 6.07) is 13.5. The van der Waals surface area contributed by atoms with Gasteiger partial charge in [-0.2, -0.15) is 0 Å². The Bertz CT molecular complexity index is 907. The highest BCUT2D eigenvalue weighted by Crippen LogP contribution is 2.26. The van der Waals surface area contributed by atoms with Gasteiger partial charge in [0.15, 0.2) is 5.69 Å². The minimum Gasteiger partial charge on any atom is -0.489 e. The van der Waals surface area contributed by atoms with Crippen molar-refractivity contribution >= 4 is 28.9 Å². The van der Waals surface area contributed by atoms with Gasteiger partial charge in [-0.1, -0.05) is 47.5 Å². The summed E-state index contributed by atoms with van der Waals surface area (Å²) in [5.41, 5.74) is 3.07. The first-order chi connectivity index (χ1) is 12.0. The van der Waals surface area contributed by atoms with Gasteiger partial charge in [0.05, 0.1) is 5.01 Å². The zero-order valence-corrected chi connectivity index (χ0v) is 15.1. The molecule has 128 valence electrons. The number of carboxylic acid groups (broad SMARTS) is 1. The van der Waals surface area contributed by atoms with Gasteiger partial charge in [0, 0.05) is 28.0 Å². The van der Waals surface area contributed by atoms with E-state index in [9.17, 15) is 4.79 Å². The van der Waals surface area contributed by atoms with Crippen molar-refractivity contribution in [3.8, 4) is 5.75 Å². The molecule has 0 aliphatic carbocycles. The maximum absolute atomic E-state index is 11.0. The Hall–Kier alpha value is -2.37. The number of thiazole rings is 1. The summed E-state index contributed by atoms with van der Waals surface area (Å²) < 4.78 is 5.96. The number of aromatic carboxylic acids is 1. The van der Waals surface area contributed by atoms with Crippen molar-refractivity contribution in [3.05, 3.63) is 80.3 Å². The summed E-state index contributed by atoms with van der Waals surface area (Å²) in [5, 5.41) is 12.0. The van der Waals surface area contributed by atoms with Crippen molar-refractivity contribution in [1.29, 1.82) is 0 Å². The zero-order valence-electron chi connectivity index (χ0n) is 13.5. The number of carbonyl (C=O) groups is 1. The summed E-state index contributed by atoms with van der Waals surface area (Å²) in [7, 11) is 0. The molecule has 0 amide bonds. The molecule has 0 saturated heterocycles. The Kier molecular flexibility index (Phi) is 5.36. The van der Waals surface area contributed by atoms with Crippen LogP contribution in [0.25, 0.3) is 0 Å². The van der Waals surface area contributed by atoms with Crippen LogP contribution in [0.15, 0.2) is 47.8 Å². The first-order valence-electron chi connectivity index (χ1n) is 7.66. The van der Waals surface area contributed by atoms with Crippen molar-refractivity contribution in [3.63, 3.8) is 0 Å². The third-order valence-corrected chi connectivity index (χ3v) is 4.89. The highest BCUT2D eigenvalue weighted by atomic mass is 35.5. The lowest BCUT2D eigenvalue weighted by molar-refractivity contribution is 0.0691. The van der Waals surface area contributed by atoms with Crippen LogP contribution in [0.1, 0.15) is 32.2 Å². The maximum Gasteiger partial charge on any atom is 0.355 e. The van der Waals surface area contributed by atoms with E-state index in [4.69, 9.17) is 21.4 Å². The maximum atomic E-state index is 11.0. The second-order valence-corrected chi connectivity index (χ2v) is 6.95. The first kappa shape index (κ1) is 17.5. The lowest BCUT2D eigenvalue weighted by atomic mass is 10.1. The largest absolute Gasteiger partial charge is 0.489 e. The van der Waals surface area contributed by atoms with Gasteiger partial charge in [-0.3, -0.25) is 0 Å². The molecule has 1 heterocycles. The molecular weight excluding hydrogens is 358 g/mol. The summed E-state index contributed by atoms with van der Waals surface area (Å²) in [5.74, 6) is -0.264. The molecule has 25 heavy (non-hydrogen) atoms. The average molecular weight is 374 g/mol. The summed E-state index contributed by atoms with van der Waals surface area (Å²) in [4.78, 5) is 15.1. The third kappa shape index (κ3) is 4.38. The highest BCUT2D eigenvalue weighted by molar-refractivity contribution is 7.09. The molecule has 1 aromatic heterocycles. The predicted octanol–water partition coefficient (Wildman–Crippen LogP) is 4.97. The molecule has 0 radical (unpaired) electrons. The Balaban J connectivity index is 1.80. The summed E-state index contributed by atoms with van der Waals surface area (Å²) in [6.45, 7) is 2.37. The Morgan fingerprint density at radius 1 is 1.24 bits per heavy atom. The molecule has 3 aromatic rings. The van der Waals surface area contributed by atoms with Crippen molar-refractivity contribution in [1.82, 2.24) is 4.98 Å². The molecule has 1 N–H and O–H groups in total. The highest BCUT2D eigenvalue weighted by Gasteiger charge is 2.12. The van der Waals surface area contributed by atoms with E-state index in [0.717, 1.165) is 27.4 Å². The van der Waals surface area contributed by atoms with E-state index in [0.29, 0.717) is 18.1 Å². The predicted molar refractivity (Wildman–Crippen MR) is 98.8 cm³/mol. The number of aryl methyl sites for hydroxylation is 1. The molecule has 6 heteroatoms. The molecule has 3 rings (SSSR count). The van der Waals surface area contributed by atoms with Crippen molar-refractivity contribution in [2.45, 2.75) is 20.0 Å². The fourth-order valence-corrected chi connectivity index (χ4v) is 3.39. The number of ether oxygens (including phenoxy) is 1. The topological polar surface area (TPSA) is 59.4 Å². The number of nitrogens with zero attached hydrogens (tertiary/aromatic N) is 1. The van der Waals surface area contributed by atoms with Gasteiger partial charge < -0.3 is 9.84 Å². The number of benzene rings is 2. The fraction of sp³-hybridized carbons (Fsp3) is 0.158. The van der Waals surface area contributed by atoms with Gasteiger partial charge in [0.1, 0.15) is 12.4 Å². The van der Waals surface area contributed by atoms with E-state index in [1.54, 1.807) is 5.38 Å². The van der Waals surface area contributed by atoms with Crippen LogP contribution in [0.2, 0.25) is 5.02 Å². The molecule has 0 bridgehead atoms. The Morgan fingerprint density at radius 3 is 2.76 bits per heavy atom. The van der Waals surface area contributed by atoms with Gasteiger partial charge in [0.25, 0.3) is 0 Å². The van der Waals surface area contributed by atoms with Gasteiger partial charge in [-0.05, 0) is 19.1 Å². The second kappa shape index (κ2) is 7.68. The first-order valence-corrected chi connectivity index (χ1v) is 8.92. The number of halogens is 1. The number of rotatable bonds is 6. The molecular formula is C19H16ClNO3S. The van der Waals surface area contributed by atoms with Gasteiger partial charge in [-0.15, -0.1) is 11.3 Å². The third-order valence-electron chi connectivity index (χ3n) is 3.67. The fourth-order valence-electron chi connectivity index (χ4n) is 2.41. The van der Waals surface area contributed by atoms with E-state index < -0.39 is 5.97 Å². The smallest absolute Gasteiger partial charge is 0.355 e. The van der Waals surface area contributed by atoms with Crippen LogP contribution in [0.4, 0.5) is 0 Å². The van der Waals surface area contributed by atoms with E-state index in [-0.39, 0.29) is 5.69 Å². The van der Waals surface area contributed by atoms with Gasteiger partial charge in [-0.25, -0.2) is 9.78 Å². The van der Waals surface area contributed by atoms with Crippen molar-refractivity contribution in [2.75, 3.05) is 0 Å². The molecule has 2 aromatic carbocycles. The minimum absolute atomic E-state index is 0.0752. The standard InChI is InChI=1S/C19H16ClNO3S/c1-12-6-7-17(24-10-13-4-2-3-5-15(13)20)14(8-12)9-18-21-16(11-25-18)19(22)23/h2-8,11H,9-10H2,1H3,(H,22,23). The normalized spacial score (nSPS) is 10.6. The van der Waals surface area contributed by atoms with E-state index in [1.165, 1.54) is 11.3 Å².